The predicted molar refractivity (Wildman–Crippen MR) is 95.6 cm³/mol. The molecule has 116 valence electrons. The van der Waals surface area contributed by atoms with Gasteiger partial charge in [-0.15, -0.1) is 0 Å². The number of carbonyl (C=O) groups excluding carboxylic acids is 2. The minimum Gasteiger partial charge on any atom is -0.495 e. The maximum absolute atomic E-state index is 12.6. The highest BCUT2D eigenvalue weighted by Gasteiger charge is 2.37. The monoisotopic (exact) mass is 389 g/mol. The van der Waals surface area contributed by atoms with Gasteiger partial charge in [0.2, 0.25) is 0 Å². The second-order valence-corrected chi connectivity index (χ2v) is 6.65. The number of amides is 2. The van der Waals surface area contributed by atoms with Gasteiger partial charge in [0.15, 0.2) is 0 Å². The van der Waals surface area contributed by atoms with Crippen LogP contribution >= 0.6 is 27.7 Å². The maximum atomic E-state index is 12.6. The van der Waals surface area contributed by atoms with E-state index in [0.29, 0.717) is 16.3 Å². The molecule has 0 saturated carbocycles. The number of rotatable bonds is 3. The Kier molecular flexibility index (Phi) is 4.54. The molecule has 0 unspecified atom stereocenters. The van der Waals surface area contributed by atoms with Gasteiger partial charge in [-0.2, -0.15) is 0 Å². The number of anilines is 1. The normalized spacial score (nSPS) is 16.3. The van der Waals surface area contributed by atoms with E-state index in [2.05, 4.69) is 15.9 Å². The van der Waals surface area contributed by atoms with Gasteiger partial charge in [-0.3, -0.25) is 9.59 Å². The number of hydrogen-bond acceptors (Lipinski definition) is 4. The van der Waals surface area contributed by atoms with Crippen LogP contribution in [-0.4, -0.2) is 18.3 Å². The van der Waals surface area contributed by atoms with E-state index in [1.807, 2.05) is 24.3 Å². The van der Waals surface area contributed by atoms with Crippen LogP contribution in [0.2, 0.25) is 0 Å². The van der Waals surface area contributed by atoms with Gasteiger partial charge >= 0.3 is 0 Å². The first-order valence-corrected chi connectivity index (χ1v) is 8.37. The second-order valence-electron chi connectivity index (χ2n) is 4.74. The van der Waals surface area contributed by atoms with Crippen molar-refractivity contribution >= 4 is 50.6 Å². The molecule has 0 aliphatic carbocycles. The number of halogens is 1. The number of ether oxygens (including phenoxy) is 1. The van der Waals surface area contributed by atoms with Gasteiger partial charge in [-0.1, -0.05) is 40.2 Å². The predicted octanol–water partition coefficient (Wildman–Crippen LogP) is 4.70. The Morgan fingerprint density at radius 2 is 1.91 bits per heavy atom. The molecule has 6 heteroatoms. The highest BCUT2D eigenvalue weighted by atomic mass is 79.9. The topological polar surface area (TPSA) is 46.6 Å². The van der Waals surface area contributed by atoms with Crippen LogP contribution in [0, 0.1) is 0 Å². The maximum Gasteiger partial charge on any atom is 0.298 e. The lowest BCUT2D eigenvalue weighted by atomic mass is 10.2. The molecule has 1 fully saturated rings. The van der Waals surface area contributed by atoms with E-state index in [-0.39, 0.29) is 11.1 Å². The van der Waals surface area contributed by atoms with Crippen molar-refractivity contribution in [3.05, 3.63) is 63.5 Å². The van der Waals surface area contributed by atoms with Crippen molar-refractivity contribution in [1.29, 1.82) is 0 Å². The molecule has 23 heavy (non-hydrogen) atoms. The number of para-hydroxylation sites is 2. The van der Waals surface area contributed by atoms with Crippen LogP contribution in [-0.2, 0) is 4.79 Å². The van der Waals surface area contributed by atoms with E-state index >= 15 is 0 Å². The molecule has 2 aromatic carbocycles. The third-order valence-corrected chi connectivity index (χ3v) is 4.63. The first-order chi connectivity index (χ1) is 11.1. The van der Waals surface area contributed by atoms with Gasteiger partial charge in [0.05, 0.1) is 17.7 Å². The first-order valence-electron chi connectivity index (χ1n) is 6.76. The Morgan fingerprint density at radius 1 is 1.13 bits per heavy atom. The molecule has 2 aromatic rings. The quantitative estimate of drug-likeness (QED) is 0.713. The zero-order valence-electron chi connectivity index (χ0n) is 12.2. The average molecular weight is 390 g/mol. The van der Waals surface area contributed by atoms with Crippen molar-refractivity contribution in [3.63, 3.8) is 0 Å². The number of thioether (sulfide) groups is 1. The summed E-state index contributed by atoms with van der Waals surface area (Å²) in [6.45, 7) is 0. The summed E-state index contributed by atoms with van der Waals surface area (Å²) in [6, 6.07) is 14.5. The molecular weight excluding hydrogens is 378 g/mol. The van der Waals surface area contributed by atoms with Gasteiger partial charge in [0.25, 0.3) is 11.1 Å². The number of carbonyl (C=O) groups is 2. The third-order valence-electron chi connectivity index (χ3n) is 3.27. The molecule has 0 atom stereocenters. The van der Waals surface area contributed by atoms with Crippen LogP contribution in [0.3, 0.4) is 0 Å². The molecule has 0 N–H and O–H groups in total. The smallest absolute Gasteiger partial charge is 0.298 e. The zero-order valence-corrected chi connectivity index (χ0v) is 14.6. The largest absolute Gasteiger partial charge is 0.495 e. The van der Waals surface area contributed by atoms with Crippen LogP contribution in [0.1, 0.15) is 5.56 Å². The lowest BCUT2D eigenvalue weighted by molar-refractivity contribution is -0.113. The fraction of sp³-hybridized carbons (Fsp3) is 0.0588. The second kappa shape index (κ2) is 6.60. The Labute approximate surface area is 146 Å². The van der Waals surface area contributed by atoms with Gasteiger partial charge < -0.3 is 4.74 Å². The molecule has 1 aliphatic heterocycles. The molecule has 4 nitrogen and oxygen atoms in total. The summed E-state index contributed by atoms with van der Waals surface area (Å²) in [5.74, 6) is 0.142. The summed E-state index contributed by atoms with van der Waals surface area (Å²) < 4.78 is 6.15. The summed E-state index contributed by atoms with van der Waals surface area (Å²) in [7, 11) is 1.51. The lowest BCUT2D eigenvalue weighted by Gasteiger charge is -2.15. The standard InChI is InChI=1S/C17H12BrNO3S/c1-22-14-8-3-2-7-13(14)19-16(20)15(23-17(19)21)10-11-5-4-6-12(18)9-11/h2-10H,1H3/b15-10-. The molecule has 2 amide bonds. The van der Waals surface area contributed by atoms with Crippen LogP contribution < -0.4 is 9.64 Å². The van der Waals surface area contributed by atoms with Crippen molar-refractivity contribution < 1.29 is 14.3 Å². The van der Waals surface area contributed by atoms with Crippen LogP contribution in [0.15, 0.2) is 57.9 Å². The zero-order chi connectivity index (χ0) is 16.4. The molecule has 3 rings (SSSR count). The minimum absolute atomic E-state index is 0.333. The van der Waals surface area contributed by atoms with Gasteiger partial charge in [0.1, 0.15) is 5.75 Å². The van der Waals surface area contributed by atoms with E-state index < -0.39 is 0 Å². The first kappa shape index (κ1) is 15.8. The fourth-order valence-electron chi connectivity index (χ4n) is 2.24. The van der Waals surface area contributed by atoms with Crippen LogP contribution in [0.5, 0.6) is 5.75 Å². The van der Waals surface area contributed by atoms with Crippen LogP contribution in [0.4, 0.5) is 10.5 Å². The summed E-state index contributed by atoms with van der Waals surface area (Å²) in [5.41, 5.74) is 1.31. The summed E-state index contributed by atoms with van der Waals surface area (Å²) >= 11 is 4.32. The Bertz CT molecular complexity index is 819. The van der Waals surface area contributed by atoms with E-state index in [4.69, 9.17) is 4.74 Å². The van der Waals surface area contributed by atoms with E-state index in [1.165, 1.54) is 7.11 Å². The summed E-state index contributed by atoms with van der Waals surface area (Å²) in [4.78, 5) is 26.4. The highest BCUT2D eigenvalue weighted by molar-refractivity contribution is 9.10. The number of benzene rings is 2. The summed E-state index contributed by atoms with van der Waals surface area (Å²) in [5, 5.41) is -0.333. The Morgan fingerprint density at radius 3 is 2.65 bits per heavy atom. The Balaban J connectivity index is 1.97. The third kappa shape index (κ3) is 3.18. The molecule has 1 heterocycles. The Hall–Kier alpha value is -2.05. The highest BCUT2D eigenvalue weighted by Crippen LogP contribution is 2.39. The van der Waals surface area contributed by atoms with Crippen molar-refractivity contribution in [2.45, 2.75) is 0 Å². The summed E-state index contributed by atoms with van der Waals surface area (Å²) in [6.07, 6.45) is 1.71. The molecule has 0 spiro atoms. The molecule has 1 saturated heterocycles. The van der Waals surface area contributed by atoms with Crippen molar-refractivity contribution in [2.24, 2.45) is 0 Å². The molecule has 0 aromatic heterocycles. The van der Waals surface area contributed by atoms with Gasteiger partial charge in [-0.05, 0) is 47.7 Å². The number of methoxy groups -OCH3 is 1. The van der Waals surface area contributed by atoms with Crippen molar-refractivity contribution in [3.8, 4) is 5.75 Å². The SMILES string of the molecule is COc1ccccc1N1C(=O)S/C(=C\c2cccc(Br)c2)C1=O. The molecule has 1 aliphatic rings. The van der Waals surface area contributed by atoms with Gasteiger partial charge in [-0.25, -0.2) is 4.90 Å². The lowest BCUT2D eigenvalue weighted by Crippen LogP contribution is -2.28. The van der Waals surface area contributed by atoms with Crippen LogP contribution in [0.25, 0.3) is 6.08 Å². The molecule has 0 bridgehead atoms. The van der Waals surface area contributed by atoms with E-state index in [0.717, 1.165) is 26.7 Å². The minimum atomic E-state index is -0.343. The van der Waals surface area contributed by atoms with E-state index in [1.54, 1.807) is 30.3 Å². The van der Waals surface area contributed by atoms with Crippen molar-refractivity contribution in [1.82, 2.24) is 0 Å². The van der Waals surface area contributed by atoms with Crippen molar-refractivity contribution in [2.75, 3.05) is 12.0 Å². The van der Waals surface area contributed by atoms with E-state index in [9.17, 15) is 9.59 Å². The number of imide groups is 1. The molecular formula is C17H12BrNO3S. The number of nitrogens with zero attached hydrogens (tertiary/aromatic N) is 1. The number of hydrogen-bond donors (Lipinski definition) is 0. The average Bonchev–Trinajstić information content (AvgIpc) is 2.81. The van der Waals surface area contributed by atoms with Gasteiger partial charge in [0, 0.05) is 4.47 Å². The molecule has 0 radical (unpaired) electrons. The fourth-order valence-corrected chi connectivity index (χ4v) is 3.49.